The number of hydrogen-bond acceptors (Lipinski definition) is 3. The highest BCUT2D eigenvalue weighted by atomic mass is 79.9. The van der Waals surface area contributed by atoms with Crippen LogP contribution in [0.25, 0.3) is 0 Å². The molecule has 1 amide bonds. The maximum atomic E-state index is 12.3. The number of benzene rings is 1. The first kappa shape index (κ1) is 15.8. The van der Waals surface area contributed by atoms with E-state index in [1.807, 2.05) is 36.1 Å². The molecule has 0 aromatic heterocycles. The molecule has 1 aliphatic heterocycles. The summed E-state index contributed by atoms with van der Waals surface area (Å²) in [6, 6.07) is 7.78. The van der Waals surface area contributed by atoms with Crippen LogP contribution in [0.15, 0.2) is 33.9 Å². The zero-order valence-corrected chi connectivity index (χ0v) is 13.6. The van der Waals surface area contributed by atoms with Crippen LogP contribution in [-0.4, -0.2) is 34.9 Å². The molecule has 3 N–H and O–H groups in total. The second-order valence-corrected chi connectivity index (χ2v) is 6.65. The van der Waals surface area contributed by atoms with Crippen molar-refractivity contribution in [2.75, 3.05) is 13.1 Å². The summed E-state index contributed by atoms with van der Waals surface area (Å²) in [5, 5.41) is 11.9. The number of halogens is 1. The molecule has 0 saturated carbocycles. The number of rotatable bonds is 3. The number of carbonyl (C=O) groups is 1. The van der Waals surface area contributed by atoms with E-state index in [1.165, 1.54) is 0 Å². The van der Waals surface area contributed by atoms with Gasteiger partial charge in [0, 0.05) is 23.0 Å². The number of nitrogens with two attached hydrogens (primary N) is 1. The maximum Gasteiger partial charge on any atom is 0.226 e. The lowest BCUT2D eigenvalue weighted by Crippen LogP contribution is -2.47. The number of likely N-dealkylation sites (tertiary alicyclic amines) is 1. The van der Waals surface area contributed by atoms with E-state index in [0.29, 0.717) is 19.5 Å². The van der Waals surface area contributed by atoms with E-state index in [0.717, 1.165) is 22.9 Å². The summed E-state index contributed by atoms with van der Waals surface area (Å²) < 4.78 is 1.01. The number of piperidine rings is 1. The predicted molar refractivity (Wildman–Crippen MR) is 85.2 cm³/mol. The van der Waals surface area contributed by atoms with E-state index in [9.17, 15) is 4.79 Å². The van der Waals surface area contributed by atoms with Crippen molar-refractivity contribution >= 4 is 27.7 Å². The molecule has 1 aromatic carbocycles. The van der Waals surface area contributed by atoms with Gasteiger partial charge in [0.1, 0.15) is 5.84 Å². The molecule has 2 rings (SSSR count). The molecule has 6 heteroatoms. The third-order valence-electron chi connectivity index (χ3n) is 4.21. The minimum Gasteiger partial charge on any atom is -0.409 e. The molecule has 0 spiro atoms. The van der Waals surface area contributed by atoms with E-state index in [2.05, 4.69) is 21.1 Å². The van der Waals surface area contributed by atoms with Gasteiger partial charge >= 0.3 is 0 Å². The van der Waals surface area contributed by atoms with Crippen molar-refractivity contribution in [3.63, 3.8) is 0 Å². The Morgan fingerprint density at radius 1 is 1.38 bits per heavy atom. The van der Waals surface area contributed by atoms with Crippen LogP contribution in [0.1, 0.15) is 25.3 Å². The second-order valence-electron chi connectivity index (χ2n) is 5.73. The van der Waals surface area contributed by atoms with Crippen LogP contribution < -0.4 is 5.73 Å². The highest BCUT2D eigenvalue weighted by molar-refractivity contribution is 9.10. The van der Waals surface area contributed by atoms with Gasteiger partial charge in [0.2, 0.25) is 5.91 Å². The Bertz CT molecular complexity index is 534. The number of nitrogens with zero attached hydrogens (tertiary/aromatic N) is 2. The Balaban J connectivity index is 1.93. The smallest absolute Gasteiger partial charge is 0.226 e. The van der Waals surface area contributed by atoms with Gasteiger partial charge in [-0.05, 0) is 30.5 Å². The van der Waals surface area contributed by atoms with Crippen LogP contribution in [0, 0.1) is 5.41 Å². The Labute approximate surface area is 132 Å². The van der Waals surface area contributed by atoms with Crippen LogP contribution in [0.3, 0.4) is 0 Å². The van der Waals surface area contributed by atoms with Gasteiger partial charge in [-0.2, -0.15) is 0 Å². The van der Waals surface area contributed by atoms with Crippen molar-refractivity contribution in [3.05, 3.63) is 34.3 Å². The Morgan fingerprint density at radius 3 is 2.48 bits per heavy atom. The van der Waals surface area contributed by atoms with Crippen molar-refractivity contribution in [3.8, 4) is 0 Å². The van der Waals surface area contributed by atoms with Crippen molar-refractivity contribution in [2.45, 2.75) is 26.2 Å². The van der Waals surface area contributed by atoms with Gasteiger partial charge in [0.05, 0.1) is 6.42 Å². The molecule has 1 fully saturated rings. The lowest BCUT2D eigenvalue weighted by atomic mass is 9.79. The molecular weight excluding hydrogens is 334 g/mol. The minimum absolute atomic E-state index is 0.124. The largest absolute Gasteiger partial charge is 0.409 e. The summed E-state index contributed by atoms with van der Waals surface area (Å²) in [5.74, 6) is 0.376. The van der Waals surface area contributed by atoms with Gasteiger partial charge in [0.15, 0.2) is 0 Å². The molecule has 1 saturated heterocycles. The van der Waals surface area contributed by atoms with Crippen molar-refractivity contribution in [1.82, 2.24) is 4.90 Å². The molecule has 0 aliphatic carbocycles. The fraction of sp³-hybridized carbons (Fsp3) is 0.467. The Morgan fingerprint density at radius 2 is 1.95 bits per heavy atom. The molecule has 0 atom stereocenters. The van der Waals surface area contributed by atoms with E-state index in [4.69, 9.17) is 10.9 Å². The summed E-state index contributed by atoms with van der Waals surface area (Å²) in [7, 11) is 0. The molecule has 21 heavy (non-hydrogen) atoms. The fourth-order valence-corrected chi connectivity index (χ4v) is 2.78. The molecule has 1 heterocycles. The summed E-state index contributed by atoms with van der Waals surface area (Å²) in [4.78, 5) is 14.2. The van der Waals surface area contributed by atoms with E-state index in [-0.39, 0.29) is 17.2 Å². The molecule has 0 bridgehead atoms. The van der Waals surface area contributed by atoms with Gasteiger partial charge < -0.3 is 15.8 Å². The number of oxime groups is 1. The van der Waals surface area contributed by atoms with E-state index < -0.39 is 0 Å². The molecule has 114 valence electrons. The first-order chi connectivity index (χ1) is 9.94. The fourth-order valence-electron chi connectivity index (χ4n) is 2.52. The lowest BCUT2D eigenvalue weighted by Gasteiger charge is -2.38. The van der Waals surface area contributed by atoms with Crippen molar-refractivity contribution in [2.24, 2.45) is 16.3 Å². The third-order valence-corrected chi connectivity index (χ3v) is 4.74. The number of carbonyl (C=O) groups excluding carboxylic acids is 1. The second kappa shape index (κ2) is 6.47. The number of amidine groups is 1. The van der Waals surface area contributed by atoms with Crippen LogP contribution in [0.4, 0.5) is 0 Å². The van der Waals surface area contributed by atoms with Gasteiger partial charge in [0.25, 0.3) is 0 Å². The van der Waals surface area contributed by atoms with E-state index in [1.54, 1.807) is 0 Å². The first-order valence-corrected chi connectivity index (χ1v) is 7.74. The third kappa shape index (κ3) is 3.75. The maximum absolute atomic E-state index is 12.3. The Kier molecular flexibility index (Phi) is 4.88. The number of amides is 1. The monoisotopic (exact) mass is 353 g/mol. The SMILES string of the molecule is CC1(/C(N)=N/O)CCN(C(=O)Cc2ccc(Br)cc2)CC1. The topological polar surface area (TPSA) is 78.9 Å². The van der Waals surface area contributed by atoms with E-state index >= 15 is 0 Å². The van der Waals surface area contributed by atoms with Crippen LogP contribution >= 0.6 is 15.9 Å². The summed E-state index contributed by atoms with van der Waals surface area (Å²) >= 11 is 3.38. The highest BCUT2D eigenvalue weighted by Crippen LogP contribution is 2.31. The predicted octanol–water partition coefficient (Wildman–Crippen LogP) is 2.37. The standard InChI is InChI=1S/C15H20BrN3O2/c1-15(14(17)18-21)6-8-19(9-7-15)13(20)10-11-2-4-12(16)5-3-11/h2-5,21H,6-10H2,1H3,(H2,17,18). The Hall–Kier alpha value is -1.56. The molecule has 1 aliphatic rings. The summed E-state index contributed by atoms with van der Waals surface area (Å²) in [6.45, 7) is 3.25. The van der Waals surface area contributed by atoms with Crippen LogP contribution in [-0.2, 0) is 11.2 Å². The summed E-state index contributed by atoms with van der Waals surface area (Å²) in [6.07, 6.45) is 1.84. The van der Waals surface area contributed by atoms with Gasteiger partial charge in [-0.1, -0.05) is 40.1 Å². The lowest BCUT2D eigenvalue weighted by molar-refractivity contribution is -0.132. The zero-order chi connectivity index (χ0) is 15.5. The van der Waals surface area contributed by atoms with Crippen molar-refractivity contribution in [1.29, 1.82) is 0 Å². The molecule has 0 radical (unpaired) electrons. The van der Waals surface area contributed by atoms with Gasteiger partial charge in [-0.3, -0.25) is 4.79 Å². The van der Waals surface area contributed by atoms with Crippen LogP contribution in [0.5, 0.6) is 0 Å². The van der Waals surface area contributed by atoms with Crippen LogP contribution in [0.2, 0.25) is 0 Å². The summed E-state index contributed by atoms with van der Waals surface area (Å²) in [5.41, 5.74) is 6.42. The number of hydrogen-bond donors (Lipinski definition) is 2. The zero-order valence-electron chi connectivity index (χ0n) is 12.1. The normalized spacial score (nSPS) is 18.6. The minimum atomic E-state index is -0.316. The average Bonchev–Trinajstić information content (AvgIpc) is 2.49. The molecule has 1 aromatic rings. The first-order valence-electron chi connectivity index (χ1n) is 6.95. The van der Waals surface area contributed by atoms with Gasteiger partial charge in [-0.15, -0.1) is 0 Å². The average molecular weight is 354 g/mol. The quantitative estimate of drug-likeness (QED) is 0.379. The molecule has 5 nitrogen and oxygen atoms in total. The van der Waals surface area contributed by atoms with Crippen molar-refractivity contribution < 1.29 is 10.0 Å². The van der Waals surface area contributed by atoms with Gasteiger partial charge in [-0.25, -0.2) is 0 Å². The molecule has 0 unspecified atom stereocenters. The molecular formula is C15H20BrN3O2. The highest BCUT2D eigenvalue weighted by Gasteiger charge is 2.35.